The van der Waals surface area contributed by atoms with Gasteiger partial charge in [-0.1, -0.05) is 0 Å². The molecule has 0 bridgehead atoms. The predicted molar refractivity (Wildman–Crippen MR) is 73.0 cm³/mol. The summed E-state index contributed by atoms with van der Waals surface area (Å²) in [6.45, 7) is 7.56. The summed E-state index contributed by atoms with van der Waals surface area (Å²) in [6.07, 6.45) is 0.311. The number of hydrogen-bond donors (Lipinski definition) is 3. The number of nitrogens with one attached hydrogen (secondary N) is 3. The van der Waals surface area contributed by atoms with E-state index in [2.05, 4.69) is 16.0 Å². The van der Waals surface area contributed by atoms with E-state index in [4.69, 9.17) is 4.74 Å². The summed E-state index contributed by atoms with van der Waals surface area (Å²) in [4.78, 5) is 34.1. The van der Waals surface area contributed by atoms with Crippen molar-refractivity contribution < 1.29 is 19.1 Å². The standard InChI is InChI=1S/C13H23N3O4/c1-8(7-14-12(19)20-13(2,3)4)15-9-5-6-10(17)16-11(9)18/h8-9,15H,5-7H2,1-4H3,(H,14,19)(H,16,17,18). The average molecular weight is 285 g/mol. The number of alkyl carbamates (subject to hydrolysis) is 1. The molecule has 1 saturated heterocycles. The highest BCUT2D eigenvalue weighted by molar-refractivity contribution is 6.00. The van der Waals surface area contributed by atoms with E-state index in [1.165, 1.54) is 0 Å². The van der Waals surface area contributed by atoms with Gasteiger partial charge in [0.25, 0.3) is 0 Å². The zero-order chi connectivity index (χ0) is 15.3. The number of carbonyl (C=O) groups excluding carboxylic acids is 3. The van der Waals surface area contributed by atoms with Gasteiger partial charge in [-0.25, -0.2) is 4.79 Å². The minimum atomic E-state index is -0.537. The number of hydrogen-bond acceptors (Lipinski definition) is 5. The van der Waals surface area contributed by atoms with Crippen LogP contribution in [-0.2, 0) is 14.3 Å². The summed E-state index contributed by atoms with van der Waals surface area (Å²) >= 11 is 0. The SMILES string of the molecule is CC(CNC(=O)OC(C)(C)C)NC1CCC(=O)NC1=O. The molecular formula is C13H23N3O4. The normalized spacial score (nSPS) is 21.1. The molecule has 20 heavy (non-hydrogen) atoms. The fraction of sp³-hybridized carbons (Fsp3) is 0.769. The van der Waals surface area contributed by atoms with Crippen LogP contribution in [0.3, 0.4) is 0 Å². The highest BCUT2D eigenvalue weighted by Crippen LogP contribution is 2.07. The van der Waals surface area contributed by atoms with Crippen LogP contribution >= 0.6 is 0 Å². The lowest BCUT2D eigenvalue weighted by molar-refractivity contribution is -0.134. The third-order valence-corrected chi connectivity index (χ3v) is 2.68. The molecular weight excluding hydrogens is 262 g/mol. The molecule has 1 heterocycles. The first-order chi connectivity index (χ1) is 9.17. The van der Waals surface area contributed by atoms with Gasteiger partial charge in [-0.15, -0.1) is 0 Å². The van der Waals surface area contributed by atoms with Gasteiger partial charge in [-0.3, -0.25) is 14.9 Å². The third-order valence-electron chi connectivity index (χ3n) is 2.68. The first-order valence-electron chi connectivity index (χ1n) is 6.74. The zero-order valence-corrected chi connectivity index (χ0v) is 12.4. The second-order valence-corrected chi connectivity index (χ2v) is 5.95. The van der Waals surface area contributed by atoms with Gasteiger partial charge in [-0.2, -0.15) is 0 Å². The van der Waals surface area contributed by atoms with E-state index in [1.807, 2.05) is 6.92 Å². The van der Waals surface area contributed by atoms with E-state index < -0.39 is 17.7 Å². The van der Waals surface area contributed by atoms with Gasteiger partial charge >= 0.3 is 6.09 Å². The molecule has 2 atom stereocenters. The Hall–Kier alpha value is -1.63. The molecule has 0 aromatic carbocycles. The van der Waals surface area contributed by atoms with Gasteiger partial charge in [0.2, 0.25) is 11.8 Å². The largest absolute Gasteiger partial charge is 0.444 e. The van der Waals surface area contributed by atoms with Crippen molar-refractivity contribution in [1.82, 2.24) is 16.0 Å². The van der Waals surface area contributed by atoms with Gasteiger partial charge in [0.1, 0.15) is 5.60 Å². The molecule has 0 saturated carbocycles. The third kappa shape index (κ3) is 6.01. The lowest BCUT2D eigenvalue weighted by atomic mass is 10.1. The van der Waals surface area contributed by atoms with Crippen molar-refractivity contribution >= 4 is 17.9 Å². The second-order valence-electron chi connectivity index (χ2n) is 5.95. The van der Waals surface area contributed by atoms with E-state index in [1.54, 1.807) is 20.8 Å². The Bertz CT molecular complexity index is 390. The van der Waals surface area contributed by atoms with Crippen LogP contribution in [0.1, 0.15) is 40.5 Å². The molecule has 0 aromatic rings. The topological polar surface area (TPSA) is 96.5 Å². The highest BCUT2D eigenvalue weighted by Gasteiger charge is 2.27. The Morgan fingerprint density at radius 1 is 1.45 bits per heavy atom. The Morgan fingerprint density at radius 2 is 2.10 bits per heavy atom. The molecule has 0 aromatic heterocycles. The van der Waals surface area contributed by atoms with Crippen LogP contribution in [0.5, 0.6) is 0 Å². The van der Waals surface area contributed by atoms with Crippen molar-refractivity contribution in [3.63, 3.8) is 0 Å². The first-order valence-corrected chi connectivity index (χ1v) is 6.74. The quantitative estimate of drug-likeness (QED) is 0.645. The molecule has 1 rings (SSSR count). The number of amides is 3. The number of rotatable bonds is 4. The van der Waals surface area contributed by atoms with Gasteiger partial charge in [0.15, 0.2) is 0 Å². The predicted octanol–water partition coefficient (Wildman–Crippen LogP) is 0.294. The maximum atomic E-state index is 11.6. The van der Waals surface area contributed by atoms with Crippen LogP contribution in [0.15, 0.2) is 0 Å². The smallest absolute Gasteiger partial charge is 0.407 e. The Kier molecular flexibility index (Phi) is 5.50. The van der Waals surface area contributed by atoms with Crippen LogP contribution in [0.25, 0.3) is 0 Å². The molecule has 114 valence electrons. The molecule has 7 nitrogen and oxygen atoms in total. The average Bonchev–Trinajstić information content (AvgIpc) is 2.28. The molecule has 1 aliphatic heterocycles. The van der Waals surface area contributed by atoms with E-state index in [0.29, 0.717) is 19.4 Å². The van der Waals surface area contributed by atoms with Gasteiger partial charge in [0, 0.05) is 19.0 Å². The van der Waals surface area contributed by atoms with Crippen molar-refractivity contribution in [1.29, 1.82) is 0 Å². The summed E-state index contributed by atoms with van der Waals surface area (Å²) in [5.41, 5.74) is -0.537. The van der Waals surface area contributed by atoms with Gasteiger partial charge in [0.05, 0.1) is 6.04 Å². The van der Waals surface area contributed by atoms with Crippen LogP contribution in [-0.4, -0.2) is 42.1 Å². The molecule has 2 unspecified atom stereocenters. The maximum absolute atomic E-state index is 11.6. The fourth-order valence-corrected chi connectivity index (χ4v) is 1.81. The molecule has 1 fully saturated rings. The maximum Gasteiger partial charge on any atom is 0.407 e. The van der Waals surface area contributed by atoms with Gasteiger partial charge < -0.3 is 15.4 Å². The molecule has 0 spiro atoms. The number of carbonyl (C=O) groups is 3. The first kappa shape index (κ1) is 16.4. The van der Waals surface area contributed by atoms with Crippen molar-refractivity contribution in [2.45, 2.75) is 58.2 Å². The van der Waals surface area contributed by atoms with Crippen LogP contribution in [0.4, 0.5) is 4.79 Å². The Morgan fingerprint density at radius 3 is 2.65 bits per heavy atom. The van der Waals surface area contributed by atoms with E-state index in [-0.39, 0.29) is 17.9 Å². The summed E-state index contributed by atoms with van der Waals surface area (Å²) < 4.78 is 5.11. The van der Waals surface area contributed by atoms with Crippen LogP contribution in [0, 0.1) is 0 Å². The molecule has 7 heteroatoms. The number of piperidine rings is 1. The molecule has 0 aliphatic carbocycles. The molecule has 0 radical (unpaired) electrons. The Balaban J connectivity index is 2.30. The molecule has 3 amide bonds. The highest BCUT2D eigenvalue weighted by atomic mass is 16.6. The monoisotopic (exact) mass is 285 g/mol. The molecule has 1 aliphatic rings. The van der Waals surface area contributed by atoms with E-state index in [0.717, 1.165) is 0 Å². The number of ether oxygens (including phenoxy) is 1. The van der Waals surface area contributed by atoms with Crippen molar-refractivity contribution in [3.8, 4) is 0 Å². The van der Waals surface area contributed by atoms with Crippen molar-refractivity contribution in [2.24, 2.45) is 0 Å². The van der Waals surface area contributed by atoms with Crippen LogP contribution < -0.4 is 16.0 Å². The van der Waals surface area contributed by atoms with Crippen molar-refractivity contribution in [3.05, 3.63) is 0 Å². The summed E-state index contributed by atoms with van der Waals surface area (Å²) in [6, 6.07) is -0.505. The zero-order valence-electron chi connectivity index (χ0n) is 12.4. The molecule has 3 N–H and O–H groups in total. The second kappa shape index (κ2) is 6.69. The number of imide groups is 1. The summed E-state index contributed by atoms with van der Waals surface area (Å²) in [5.74, 6) is -0.557. The van der Waals surface area contributed by atoms with E-state index in [9.17, 15) is 14.4 Å². The minimum Gasteiger partial charge on any atom is -0.444 e. The van der Waals surface area contributed by atoms with E-state index >= 15 is 0 Å². The minimum absolute atomic E-state index is 0.105. The van der Waals surface area contributed by atoms with Crippen LogP contribution in [0.2, 0.25) is 0 Å². The lowest BCUT2D eigenvalue weighted by Gasteiger charge is -2.26. The summed E-state index contributed by atoms with van der Waals surface area (Å²) in [5, 5.41) is 7.98. The van der Waals surface area contributed by atoms with Gasteiger partial charge in [-0.05, 0) is 34.1 Å². The fourth-order valence-electron chi connectivity index (χ4n) is 1.81. The summed E-state index contributed by atoms with van der Waals surface area (Å²) in [7, 11) is 0. The lowest BCUT2D eigenvalue weighted by Crippen LogP contribution is -2.54. The Labute approximate surface area is 118 Å². The van der Waals surface area contributed by atoms with Crippen molar-refractivity contribution in [2.75, 3.05) is 6.54 Å².